The van der Waals surface area contributed by atoms with Crippen molar-refractivity contribution in [2.24, 2.45) is 5.92 Å². The predicted molar refractivity (Wildman–Crippen MR) is 99.0 cm³/mol. The van der Waals surface area contributed by atoms with Crippen LogP contribution in [-0.2, 0) is 23.1 Å². The molecular formula is C17H27N2O8P. The van der Waals surface area contributed by atoms with Crippen LogP contribution in [0.1, 0.15) is 44.9 Å². The molecule has 2 heterocycles. The maximum Gasteiger partial charge on any atom is 0.472 e. The molecule has 1 aromatic heterocycles. The second-order valence-electron chi connectivity index (χ2n) is 7.66. The monoisotopic (exact) mass is 418 g/mol. The number of fused-ring (bicyclic) bond motifs is 1. The largest absolute Gasteiger partial charge is 0.472 e. The molecule has 1 saturated carbocycles. The fourth-order valence-corrected chi connectivity index (χ4v) is 4.92. The Labute approximate surface area is 162 Å². The van der Waals surface area contributed by atoms with E-state index in [4.69, 9.17) is 14.0 Å². The van der Waals surface area contributed by atoms with Gasteiger partial charge in [-0.3, -0.25) is 23.4 Å². The van der Waals surface area contributed by atoms with E-state index in [-0.39, 0.29) is 5.92 Å². The third-order valence-corrected chi connectivity index (χ3v) is 6.84. The zero-order valence-electron chi connectivity index (χ0n) is 16.6. The van der Waals surface area contributed by atoms with Gasteiger partial charge in [-0.05, 0) is 19.3 Å². The Bertz CT molecular complexity index is 913. The number of methoxy groups -OCH3 is 1. The average molecular weight is 418 g/mol. The van der Waals surface area contributed by atoms with Crippen molar-refractivity contribution in [3.05, 3.63) is 32.6 Å². The van der Waals surface area contributed by atoms with Crippen molar-refractivity contribution in [3.63, 3.8) is 0 Å². The molecule has 4 unspecified atom stereocenters. The van der Waals surface area contributed by atoms with Gasteiger partial charge in [0.25, 0.3) is 5.56 Å². The summed E-state index contributed by atoms with van der Waals surface area (Å²) < 4.78 is 35.5. The van der Waals surface area contributed by atoms with Gasteiger partial charge in [-0.15, -0.1) is 0 Å². The van der Waals surface area contributed by atoms with Crippen molar-refractivity contribution in [2.75, 3.05) is 14.2 Å². The number of hydrogen-bond acceptors (Lipinski definition) is 7. The summed E-state index contributed by atoms with van der Waals surface area (Å²) in [6.07, 6.45) is 1.38. The van der Waals surface area contributed by atoms with Gasteiger partial charge in [0.2, 0.25) is 0 Å². The normalized spacial score (nSPS) is 34.6. The fraction of sp³-hybridized carbons (Fsp3) is 0.765. The zero-order valence-corrected chi connectivity index (χ0v) is 17.5. The number of aryl methyl sites for hydroxylation is 1. The van der Waals surface area contributed by atoms with E-state index in [1.54, 1.807) is 6.92 Å². The van der Waals surface area contributed by atoms with Crippen LogP contribution in [0.4, 0.5) is 0 Å². The van der Waals surface area contributed by atoms with E-state index in [1.807, 2.05) is 13.8 Å². The number of nitrogens with zero attached hydrogens (tertiary/aromatic N) is 1. The van der Waals surface area contributed by atoms with Crippen molar-refractivity contribution >= 4 is 7.82 Å². The first-order valence-corrected chi connectivity index (χ1v) is 10.7. The average Bonchev–Trinajstić information content (AvgIpc) is 3.14. The Morgan fingerprint density at radius 3 is 2.71 bits per heavy atom. The molecule has 1 aliphatic carbocycles. The lowest BCUT2D eigenvalue weighted by molar-refractivity contribution is -0.0999. The number of phosphoric ester groups is 1. The van der Waals surface area contributed by atoms with Crippen molar-refractivity contribution in [2.45, 2.75) is 63.6 Å². The quantitative estimate of drug-likeness (QED) is 0.607. The number of aromatic nitrogens is 2. The first-order valence-electron chi connectivity index (χ1n) is 9.16. The topological polar surface area (TPSA) is 129 Å². The van der Waals surface area contributed by atoms with Crippen molar-refractivity contribution in [1.82, 2.24) is 9.55 Å². The van der Waals surface area contributed by atoms with Crippen LogP contribution in [0.25, 0.3) is 0 Å². The summed E-state index contributed by atoms with van der Waals surface area (Å²) in [6.45, 7) is 5.65. The Kier molecular flexibility index (Phi) is 5.50. The standard InChI is InChI=1S/C17H27N2O8P/c1-6-10(2)7-16-9-17(16,27-28(22,23)25-5)12(24-4)14(26-16)19-8-11(3)13(20)18-15(19)21/h8,10,12,14H,6-7,9H2,1-5H3,(H,22,23)(H,18,20,21)/t10?,12?,14-,16+,17?/m1/s1. The maximum absolute atomic E-state index is 12.4. The molecule has 1 aliphatic heterocycles. The van der Waals surface area contributed by atoms with Gasteiger partial charge in [-0.25, -0.2) is 9.36 Å². The molecule has 10 nitrogen and oxygen atoms in total. The minimum Gasteiger partial charge on any atom is -0.374 e. The summed E-state index contributed by atoms with van der Waals surface area (Å²) in [5, 5.41) is 0. The molecule has 0 spiro atoms. The number of phosphoric acid groups is 1. The number of aromatic amines is 1. The lowest BCUT2D eigenvalue weighted by Gasteiger charge is -2.27. The second kappa shape index (κ2) is 7.19. The summed E-state index contributed by atoms with van der Waals surface area (Å²) >= 11 is 0. The zero-order chi connectivity index (χ0) is 20.9. The highest BCUT2D eigenvalue weighted by Gasteiger charge is 2.83. The third kappa shape index (κ3) is 3.32. The van der Waals surface area contributed by atoms with E-state index < -0.39 is 42.6 Å². The smallest absolute Gasteiger partial charge is 0.374 e. The first kappa shape index (κ1) is 21.4. The van der Waals surface area contributed by atoms with Crippen molar-refractivity contribution in [3.8, 4) is 0 Å². The lowest BCUT2D eigenvalue weighted by Crippen LogP contribution is -2.42. The molecule has 0 amide bonds. The Hall–Kier alpha value is -1.29. The van der Waals surface area contributed by atoms with Gasteiger partial charge in [0.15, 0.2) is 6.23 Å². The SMILES string of the molecule is CCC(C)C[C@]12CC1(OP(=O)(O)OC)C(OC)[C@H](n1cc(C)c(=O)[nH]c1=O)O2. The minimum atomic E-state index is -4.34. The number of H-pyrrole nitrogens is 1. The molecule has 158 valence electrons. The molecule has 6 atom stereocenters. The van der Waals surface area contributed by atoms with Gasteiger partial charge >= 0.3 is 13.5 Å². The highest BCUT2D eigenvalue weighted by molar-refractivity contribution is 7.47. The molecule has 0 radical (unpaired) electrons. The maximum atomic E-state index is 12.4. The molecule has 0 aromatic carbocycles. The van der Waals surface area contributed by atoms with Crippen molar-refractivity contribution in [1.29, 1.82) is 0 Å². The Balaban J connectivity index is 2.06. The predicted octanol–water partition coefficient (Wildman–Crippen LogP) is 1.47. The molecule has 0 bridgehead atoms. The van der Waals surface area contributed by atoms with E-state index in [1.165, 1.54) is 17.9 Å². The van der Waals surface area contributed by atoms with E-state index in [2.05, 4.69) is 9.51 Å². The van der Waals surface area contributed by atoms with E-state index >= 15 is 0 Å². The summed E-state index contributed by atoms with van der Waals surface area (Å²) in [4.78, 5) is 36.3. The molecule has 2 aliphatic rings. The van der Waals surface area contributed by atoms with E-state index in [0.29, 0.717) is 18.4 Å². The van der Waals surface area contributed by atoms with Crippen LogP contribution in [0.2, 0.25) is 0 Å². The molecule has 3 rings (SSSR count). The highest BCUT2D eigenvalue weighted by Crippen LogP contribution is 2.72. The first-order chi connectivity index (χ1) is 13.0. The molecule has 2 fully saturated rings. The van der Waals surface area contributed by atoms with E-state index in [0.717, 1.165) is 13.5 Å². The van der Waals surface area contributed by atoms with Gasteiger partial charge in [0.05, 0.1) is 0 Å². The highest BCUT2D eigenvalue weighted by atomic mass is 31.2. The summed E-state index contributed by atoms with van der Waals surface area (Å²) in [5.41, 5.74) is -2.95. The summed E-state index contributed by atoms with van der Waals surface area (Å²) in [6, 6.07) is 0. The van der Waals surface area contributed by atoms with Crippen molar-refractivity contribution < 1.29 is 28.0 Å². The van der Waals surface area contributed by atoms with Crippen LogP contribution < -0.4 is 11.2 Å². The third-order valence-electron chi connectivity index (χ3n) is 5.82. The number of hydrogen-bond donors (Lipinski definition) is 2. The summed E-state index contributed by atoms with van der Waals surface area (Å²) in [5.74, 6) is 0.247. The molecule has 28 heavy (non-hydrogen) atoms. The van der Waals surface area contributed by atoms with Gasteiger partial charge in [0.1, 0.15) is 17.3 Å². The van der Waals surface area contributed by atoms with Crippen LogP contribution in [0, 0.1) is 12.8 Å². The van der Waals surface area contributed by atoms with Crippen LogP contribution in [0.3, 0.4) is 0 Å². The second-order valence-corrected chi connectivity index (χ2v) is 9.15. The molecule has 1 saturated heterocycles. The Morgan fingerprint density at radius 2 is 2.14 bits per heavy atom. The number of ether oxygens (including phenoxy) is 2. The van der Waals surface area contributed by atoms with E-state index in [9.17, 15) is 19.0 Å². The molecule has 2 N–H and O–H groups in total. The molecule has 11 heteroatoms. The lowest BCUT2D eigenvalue weighted by atomic mass is 9.97. The Morgan fingerprint density at radius 1 is 1.46 bits per heavy atom. The minimum absolute atomic E-state index is 0.247. The van der Waals surface area contributed by atoms with Gasteiger partial charge in [0, 0.05) is 32.4 Å². The van der Waals surface area contributed by atoms with Crippen LogP contribution in [-0.4, -0.2) is 46.0 Å². The van der Waals surface area contributed by atoms with Crippen LogP contribution in [0.5, 0.6) is 0 Å². The summed E-state index contributed by atoms with van der Waals surface area (Å²) in [7, 11) is -1.84. The molecule has 1 aromatic rings. The van der Waals surface area contributed by atoms with Gasteiger partial charge in [-0.2, -0.15) is 0 Å². The van der Waals surface area contributed by atoms with Gasteiger partial charge in [-0.1, -0.05) is 20.3 Å². The fourth-order valence-electron chi connectivity index (χ4n) is 4.10. The van der Waals surface area contributed by atoms with Crippen LogP contribution in [0.15, 0.2) is 15.8 Å². The molecular weight excluding hydrogens is 391 g/mol. The number of rotatable bonds is 8. The number of nitrogens with one attached hydrogen (secondary N) is 1. The van der Waals surface area contributed by atoms with Crippen LogP contribution >= 0.6 is 7.82 Å². The van der Waals surface area contributed by atoms with Gasteiger partial charge < -0.3 is 14.4 Å².